The molecule has 2 heterocycles. The first kappa shape index (κ1) is 23.7. The summed E-state index contributed by atoms with van der Waals surface area (Å²) in [6, 6.07) is 0. The zero-order chi connectivity index (χ0) is 23.6. The lowest BCUT2D eigenvalue weighted by molar-refractivity contribution is -0.116. The number of phenols is 1. The van der Waals surface area contributed by atoms with Crippen molar-refractivity contribution in [1.29, 1.82) is 0 Å². The van der Waals surface area contributed by atoms with Crippen molar-refractivity contribution in [3.05, 3.63) is 38.9 Å². The summed E-state index contributed by atoms with van der Waals surface area (Å²) in [6.45, 7) is 10.1. The number of rotatable bonds is 7. The Morgan fingerprint density at radius 3 is 2.66 bits per heavy atom. The number of methoxy groups -OCH3 is 1. The molecule has 2 N–H and O–H groups in total. The SMILES string of the molecule is COc1c(C)c2c(c(O)c1C/C=C(\C)CCC(=O)Nc1nnc(C(C)(C)C)s1)C(=O)OC2. The molecule has 0 radical (unpaired) electrons. The molecule has 0 unspecified atom stereocenters. The number of hydrogen-bond acceptors (Lipinski definition) is 8. The van der Waals surface area contributed by atoms with E-state index < -0.39 is 5.97 Å². The van der Waals surface area contributed by atoms with Crippen molar-refractivity contribution in [2.75, 3.05) is 12.4 Å². The van der Waals surface area contributed by atoms with Gasteiger partial charge in [0, 0.05) is 23.0 Å². The van der Waals surface area contributed by atoms with E-state index in [2.05, 4.69) is 15.5 Å². The van der Waals surface area contributed by atoms with Crippen LogP contribution in [0.15, 0.2) is 11.6 Å². The van der Waals surface area contributed by atoms with Gasteiger partial charge in [-0.1, -0.05) is 43.8 Å². The van der Waals surface area contributed by atoms with Crippen LogP contribution < -0.4 is 10.1 Å². The van der Waals surface area contributed by atoms with Crippen LogP contribution in [0.1, 0.15) is 72.6 Å². The number of nitrogens with one attached hydrogen (secondary N) is 1. The average Bonchev–Trinajstić information content (AvgIpc) is 3.35. The molecular formula is C23H29N3O5S. The molecule has 1 aliphatic heterocycles. The summed E-state index contributed by atoms with van der Waals surface area (Å²) in [5.41, 5.74) is 3.08. The molecule has 9 heteroatoms. The average molecular weight is 460 g/mol. The highest BCUT2D eigenvalue weighted by molar-refractivity contribution is 7.15. The molecule has 0 spiro atoms. The minimum absolute atomic E-state index is 0.0994. The highest BCUT2D eigenvalue weighted by Crippen LogP contribution is 2.42. The van der Waals surface area contributed by atoms with Crippen LogP contribution >= 0.6 is 11.3 Å². The van der Waals surface area contributed by atoms with Gasteiger partial charge in [-0.2, -0.15) is 0 Å². The number of aromatic hydroxyl groups is 1. The highest BCUT2D eigenvalue weighted by Gasteiger charge is 2.31. The Kier molecular flexibility index (Phi) is 6.88. The number of allylic oxidation sites excluding steroid dienone is 2. The summed E-state index contributed by atoms with van der Waals surface area (Å²) in [6.07, 6.45) is 3.14. The molecule has 1 aliphatic rings. The van der Waals surface area contributed by atoms with Gasteiger partial charge in [-0.05, 0) is 32.3 Å². The Morgan fingerprint density at radius 1 is 1.31 bits per heavy atom. The van der Waals surface area contributed by atoms with E-state index in [0.717, 1.165) is 16.1 Å². The van der Waals surface area contributed by atoms with E-state index in [1.165, 1.54) is 18.4 Å². The van der Waals surface area contributed by atoms with Crippen molar-refractivity contribution in [2.45, 2.75) is 65.9 Å². The maximum Gasteiger partial charge on any atom is 0.342 e. The second-order valence-corrected chi connectivity index (χ2v) is 9.86. The Labute approximate surface area is 191 Å². The maximum atomic E-state index is 12.3. The number of carbonyl (C=O) groups excluding carboxylic acids is 2. The quantitative estimate of drug-likeness (QED) is 0.465. The highest BCUT2D eigenvalue weighted by atomic mass is 32.1. The Hall–Kier alpha value is -2.94. The molecule has 2 aromatic rings. The number of phenolic OH excluding ortho intramolecular Hbond substituents is 1. The Bertz CT molecular complexity index is 1080. The molecular weight excluding hydrogens is 430 g/mol. The lowest BCUT2D eigenvalue weighted by atomic mass is 9.94. The molecule has 1 aromatic carbocycles. The molecule has 0 saturated heterocycles. The summed E-state index contributed by atoms with van der Waals surface area (Å²) in [5, 5.41) is 23.0. The number of benzene rings is 1. The first-order valence-electron chi connectivity index (χ1n) is 10.4. The van der Waals surface area contributed by atoms with Crippen molar-refractivity contribution < 1.29 is 24.2 Å². The van der Waals surface area contributed by atoms with E-state index in [-0.39, 0.29) is 29.2 Å². The second-order valence-electron chi connectivity index (χ2n) is 8.88. The minimum Gasteiger partial charge on any atom is -0.507 e. The maximum absolute atomic E-state index is 12.3. The van der Waals surface area contributed by atoms with E-state index >= 15 is 0 Å². The number of cyclic esters (lactones) is 1. The van der Waals surface area contributed by atoms with Crippen LogP contribution in [0.2, 0.25) is 0 Å². The number of aromatic nitrogens is 2. The molecule has 0 aliphatic carbocycles. The zero-order valence-corrected chi connectivity index (χ0v) is 20.1. The van der Waals surface area contributed by atoms with E-state index in [1.807, 2.05) is 40.7 Å². The molecule has 3 rings (SSSR count). The minimum atomic E-state index is -0.520. The van der Waals surface area contributed by atoms with Crippen LogP contribution in [0, 0.1) is 6.92 Å². The van der Waals surface area contributed by atoms with E-state index in [0.29, 0.717) is 41.3 Å². The number of esters is 1. The van der Waals surface area contributed by atoms with Crippen LogP contribution in [0.5, 0.6) is 11.5 Å². The van der Waals surface area contributed by atoms with Gasteiger partial charge in [0.05, 0.1) is 7.11 Å². The molecule has 1 aromatic heterocycles. The third-order valence-electron chi connectivity index (χ3n) is 5.36. The first-order chi connectivity index (χ1) is 15.0. The number of amides is 1. The summed E-state index contributed by atoms with van der Waals surface area (Å²) < 4.78 is 10.6. The van der Waals surface area contributed by atoms with Crippen molar-refractivity contribution in [3.63, 3.8) is 0 Å². The van der Waals surface area contributed by atoms with Crippen molar-refractivity contribution in [2.24, 2.45) is 0 Å². The van der Waals surface area contributed by atoms with Gasteiger partial charge in [0.1, 0.15) is 28.7 Å². The lowest BCUT2D eigenvalue weighted by Crippen LogP contribution is -2.11. The standard InChI is InChI=1S/C23H29N3O5S/c1-12(8-10-16(27)24-22-26-25-21(32-22)23(3,4)5)7-9-14-18(28)17-15(11-31-20(17)29)13(2)19(14)30-6/h7,28H,8-11H2,1-6H3,(H,24,26,27)/b12-7+. The summed E-state index contributed by atoms with van der Waals surface area (Å²) in [5.74, 6) is -0.205. The third-order valence-corrected chi connectivity index (χ3v) is 6.63. The van der Waals surface area contributed by atoms with Gasteiger partial charge in [0.15, 0.2) is 0 Å². The van der Waals surface area contributed by atoms with E-state index in [9.17, 15) is 14.7 Å². The number of nitrogens with zero attached hydrogens (tertiary/aromatic N) is 2. The monoisotopic (exact) mass is 459 g/mol. The van der Waals surface area contributed by atoms with Gasteiger partial charge < -0.3 is 19.9 Å². The lowest BCUT2D eigenvalue weighted by Gasteiger charge is -2.15. The summed E-state index contributed by atoms with van der Waals surface area (Å²) in [7, 11) is 1.54. The van der Waals surface area contributed by atoms with Crippen LogP contribution in [-0.4, -0.2) is 34.3 Å². The first-order valence-corrected chi connectivity index (χ1v) is 11.2. The van der Waals surface area contributed by atoms with Gasteiger partial charge in [-0.3, -0.25) is 4.79 Å². The van der Waals surface area contributed by atoms with E-state index in [4.69, 9.17) is 9.47 Å². The van der Waals surface area contributed by atoms with Gasteiger partial charge >= 0.3 is 5.97 Å². The van der Waals surface area contributed by atoms with Gasteiger partial charge in [-0.15, -0.1) is 10.2 Å². The number of carbonyl (C=O) groups is 2. The number of ether oxygens (including phenoxy) is 2. The smallest absolute Gasteiger partial charge is 0.342 e. The third kappa shape index (κ3) is 4.93. The topological polar surface area (TPSA) is 111 Å². The number of hydrogen-bond donors (Lipinski definition) is 2. The van der Waals surface area contributed by atoms with Gasteiger partial charge in [0.25, 0.3) is 0 Å². The molecule has 0 bridgehead atoms. The van der Waals surface area contributed by atoms with Gasteiger partial charge in [-0.25, -0.2) is 4.79 Å². The normalized spacial score (nSPS) is 13.7. The van der Waals surface area contributed by atoms with Crippen molar-refractivity contribution in [1.82, 2.24) is 10.2 Å². The predicted octanol–water partition coefficient (Wildman–Crippen LogP) is 4.44. The summed E-state index contributed by atoms with van der Waals surface area (Å²) >= 11 is 1.38. The van der Waals surface area contributed by atoms with Crippen molar-refractivity contribution in [3.8, 4) is 11.5 Å². The fourth-order valence-electron chi connectivity index (χ4n) is 3.48. The largest absolute Gasteiger partial charge is 0.507 e. The van der Waals surface area contributed by atoms with Crippen LogP contribution in [-0.2, 0) is 28.0 Å². The fraction of sp³-hybridized carbons (Fsp3) is 0.478. The molecule has 32 heavy (non-hydrogen) atoms. The molecule has 0 atom stereocenters. The van der Waals surface area contributed by atoms with Crippen LogP contribution in [0.3, 0.4) is 0 Å². The predicted molar refractivity (Wildman–Crippen MR) is 122 cm³/mol. The van der Waals surface area contributed by atoms with Crippen LogP contribution in [0.25, 0.3) is 0 Å². The zero-order valence-electron chi connectivity index (χ0n) is 19.3. The number of anilines is 1. The molecule has 1 amide bonds. The fourth-order valence-corrected chi connectivity index (χ4v) is 4.29. The van der Waals surface area contributed by atoms with Gasteiger partial charge in [0.2, 0.25) is 11.0 Å². The van der Waals surface area contributed by atoms with E-state index in [1.54, 1.807) is 0 Å². The van der Waals surface area contributed by atoms with Crippen molar-refractivity contribution >= 4 is 28.3 Å². The van der Waals surface area contributed by atoms with Crippen LogP contribution in [0.4, 0.5) is 5.13 Å². The molecule has 8 nitrogen and oxygen atoms in total. The Balaban J connectivity index is 1.65. The molecule has 172 valence electrons. The molecule has 0 fully saturated rings. The Morgan fingerprint density at radius 2 is 2.03 bits per heavy atom. The number of fused-ring (bicyclic) bond motifs is 1. The summed E-state index contributed by atoms with van der Waals surface area (Å²) in [4.78, 5) is 24.3. The molecule has 0 saturated carbocycles. The second kappa shape index (κ2) is 9.28.